The van der Waals surface area contributed by atoms with Gasteiger partial charge in [0.25, 0.3) is 5.70 Å². The number of nitrogens with zero attached hydrogens (tertiary/aromatic N) is 1. The molecule has 1 aliphatic carbocycles. The number of carbonyl (C=O) groups is 2. The molecule has 2 atom stereocenters. The molecule has 1 rings (SSSR count). The zero-order chi connectivity index (χ0) is 12.5. The van der Waals surface area contributed by atoms with E-state index in [0.29, 0.717) is 12.2 Å². The fourth-order valence-electron chi connectivity index (χ4n) is 1.26. The van der Waals surface area contributed by atoms with Crippen LogP contribution in [0.25, 0.3) is 0 Å². The molecule has 1 aliphatic rings. The zero-order valence-electron chi connectivity index (χ0n) is 7.73. The van der Waals surface area contributed by atoms with Crippen molar-refractivity contribution in [3.63, 3.8) is 0 Å². The summed E-state index contributed by atoms with van der Waals surface area (Å²) in [6.07, 6.45) is 1.94. The first-order valence-electron chi connectivity index (χ1n) is 4.03. The van der Waals surface area contributed by atoms with Gasteiger partial charge in [-0.2, -0.15) is 0 Å². The summed E-state index contributed by atoms with van der Waals surface area (Å²) in [5, 5.41) is 37.3. The second kappa shape index (κ2) is 3.74. The first kappa shape index (κ1) is 11.9. The van der Waals surface area contributed by atoms with Gasteiger partial charge in [0.2, 0.25) is 0 Å². The van der Waals surface area contributed by atoms with Crippen molar-refractivity contribution in [3.8, 4) is 0 Å². The van der Waals surface area contributed by atoms with Gasteiger partial charge in [0.15, 0.2) is 5.60 Å². The number of carboxylic acids is 2. The maximum Gasteiger partial charge on any atom is 0.341 e. The smallest absolute Gasteiger partial charge is 0.341 e. The van der Waals surface area contributed by atoms with Gasteiger partial charge in [-0.15, -0.1) is 0 Å². The van der Waals surface area contributed by atoms with Crippen LogP contribution in [0.5, 0.6) is 0 Å². The number of rotatable bonds is 3. The number of aliphatic hydroxyl groups is 1. The third-order valence-corrected chi connectivity index (χ3v) is 2.14. The molecule has 8 nitrogen and oxygen atoms in total. The predicted molar refractivity (Wildman–Crippen MR) is 47.9 cm³/mol. The summed E-state index contributed by atoms with van der Waals surface area (Å²) < 4.78 is 0. The number of hydrogen-bond donors (Lipinski definition) is 3. The van der Waals surface area contributed by atoms with Gasteiger partial charge in [-0.1, -0.05) is 0 Å². The number of allylic oxidation sites excluding steroid dienone is 1. The summed E-state index contributed by atoms with van der Waals surface area (Å²) in [5.41, 5.74) is -3.23. The highest BCUT2D eigenvalue weighted by atomic mass is 16.6. The third kappa shape index (κ3) is 1.77. The number of aliphatic carboxylic acids is 2. The summed E-state index contributed by atoms with van der Waals surface area (Å²) >= 11 is 0. The minimum atomic E-state index is -2.66. The van der Waals surface area contributed by atoms with Crippen molar-refractivity contribution < 1.29 is 29.8 Å². The average molecular weight is 229 g/mol. The van der Waals surface area contributed by atoms with Crippen LogP contribution in [0.4, 0.5) is 0 Å². The van der Waals surface area contributed by atoms with E-state index in [1.54, 1.807) is 0 Å². The van der Waals surface area contributed by atoms with E-state index in [2.05, 4.69) is 0 Å². The molecule has 0 heterocycles. The molecule has 0 aromatic carbocycles. The molecule has 0 aromatic heterocycles. The highest BCUT2D eigenvalue weighted by Crippen LogP contribution is 2.28. The SMILES string of the molecule is O=C(O)C1C=C([N+](=O)[O-])C=CC1(O)C(=O)O. The quantitative estimate of drug-likeness (QED) is 0.426. The molecule has 0 amide bonds. The lowest BCUT2D eigenvalue weighted by molar-refractivity contribution is -0.420. The lowest BCUT2D eigenvalue weighted by Crippen LogP contribution is -2.48. The maximum atomic E-state index is 10.7. The molecule has 3 N–H and O–H groups in total. The Morgan fingerprint density at radius 3 is 2.38 bits per heavy atom. The predicted octanol–water partition coefficient (Wildman–Crippen LogP) is -0.767. The van der Waals surface area contributed by atoms with Gasteiger partial charge in [0.05, 0.1) is 4.92 Å². The molecule has 0 radical (unpaired) electrons. The van der Waals surface area contributed by atoms with Crippen LogP contribution in [0, 0.1) is 16.0 Å². The molecule has 86 valence electrons. The van der Waals surface area contributed by atoms with Crippen LogP contribution in [-0.4, -0.2) is 37.8 Å². The van der Waals surface area contributed by atoms with Crippen LogP contribution < -0.4 is 0 Å². The van der Waals surface area contributed by atoms with Crippen molar-refractivity contribution in [2.45, 2.75) is 5.60 Å². The van der Waals surface area contributed by atoms with E-state index in [4.69, 9.17) is 10.2 Å². The largest absolute Gasteiger partial charge is 0.481 e. The zero-order valence-corrected chi connectivity index (χ0v) is 7.73. The van der Waals surface area contributed by atoms with Crippen LogP contribution in [-0.2, 0) is 9.59 Å². The summed E-state index contributed by atoms with van der Waals surface area (Å²) in [6.45, 7) is 0. The Kier molecular flexibility index (Phi) is 2.77. The van der Waals surface area contributed by atoms with Crippen LogP contribution in [0.15, 0.2) is 23.9 Å². The number of carboxylic acid groups (broad SMARTS) is 2. The van der Waals surface area contributed by atoms with Gasteiger partial charge in [-0.25, -0.2) is 4.79 Å². The van der Waals surface area contributed by atoms with Crippen molar-refractivity contribution >= 4 is 11.9 Å². The topological polar surface area (TPSA) is 138 Å². The van der Waals surface area contributed by atoms with Crippen molar-refractivity contribution in [1.29, 1.82) is 0 Å². The van der Waals surface area contributed by atoms with E-state index in [9.17, 15) is 24.8 Å². The van der Waals surface area contributed by atoms with Crippen molar-refractivity contribution in [3.05, 3.63) is 34.0 Å². The maximum absolute atomic E-state index is 10.7. The summed E-state index contributed by atoms with van der Waals surface area (Å²) in [5.74, 6) is -5.33. The lowest BCUT2D eigenvalue weighted by atomic mass is 9.83. The fraction of sp³-hybridized carbons (Fsp3) is 0.250. The molecule has 0 aromatic rings. The molecule has 8 heteroatoms. The van der Waals surface area contributed by atoms with Crippen LogP contribution in [0.3, 0.4) is 0 Å². The summed E-state index contributed by atoms with van der Waals surface area (Å²) in [4.78, 5) is 30.9. The Morgan fingerprint density at radius 1 is 1.44 bits per heavy atom. The minimum absolute atomic E-state index is 0.571. The van der Waals surface area contributed by atoms with Crippen LogP contribution in [0.1, 0.15) is 0 Å². The highest BCUT2D eigenvalue weighted by Gasteiger charge is 2.48. The third-order valence-electron chi connectivity index (χ3n) is 2.14. The van der Waals surface area contributed by atoms with Gasteiger partial charge in [0, 0.05) is 12.2 Å². The van der Waals surface area contributed by atoms with Gasteiger partial charge >= 0.3 is 11.9 Å². The molecule has 16 heavy (non-hydrogen) atoms. The second-order valence-electron chi connectivity index (χ2n) is 3.13. The molecule has 2 unspecified atom stereocenters. The Hall–Kier alpha value is -2.22. The minimum Gasteiger partial charge on any atom is -0.481 e. The van der Waals surface area contributed by atoms with E-state index in [1.165, 1.54) is 0 Å². The highest BCUT2D eigenvalue weighted by molar-refractivity contribution is 5.89. The normalized spacial score (nSPS) is 28.3. The van der Waals surface area contributed by atoms with E-state index in [0.717, 1.165) is 6.08 Å². The van der Waals surface area contributed by atoms with Gasteiger partial charge in [-0.05, 0) is 6.08 Å². The van der Waals surface area contributed by atoms with E-state index in [1.807, 2.05) is 0 Å². The van der Waals surface area contributed by atoms with Gasteiger partial charge in [-0.3, -0.25) is 14.9 Å². The molecule has 0 saturated carbocycles. The average Bonchev–Trinajstić information content (AvgIpc) is 2.17. The molecule has 0 saturated heterocycles. The molecule has 0 spiro atoms. The Labute approximate surface area is 88.3 Å². The van der Waals surface area contributed by atoms with Crippen molar-refractivity contribution in [1.82, 2.24) is 0 Å². The van der Waals surface area contributed by atoms with Crippen molar-refractivity contribution in [2.75, 3.05) is 0 Å². The Morgan fingerprint density at radius 2 is 2.00 bits per heavy atom. The molecule has 0 fully saturated rings. The molecular formula is C8H7NO7. The van der Waals surface area contributed by atoms with Gasteiger partial charge in [0.1, 0.15) is 5.92 Å². The van der Waals surface area contributed by atoms with Crippen molar-refractivity contribution in [2.24, 2.45) is 5.92 Å². The lowest BCUT2D eigenvalue weighted by Gasteiger charge is -2.25. The Balaban J connectivity index is 3.22. The first-order valence-corrected chi connectivity index (χ1v) is 4.03. The second-order valence-corrected chi connectivity index (χ2v) is 3.13. The summed E-state index contributed by atoms with van der Waals surface area (Å²) in [6, 6.07) is 0. The van der Waals surface area contributed by atoms with Crippen LogP contribution in [0.2, 0.25) is 0 Å². The summed E-state index contributed by atoms with van der Waals surface area (Å²) in [7, 11) is 0. The van der Waals surface area contributed by atoms with Crippen LogP contribution >= 0.6 is 0 Å². The number of nitro groups is 1. The Bertz CT molecular complexity index is 424. The number of hydrogen-bond acceptors (Lipinski definition) is 5. The molecular weight excluding hydrogens is 222 g/mol. The standard InChI is InChI=1S/C8H7NO7/c10-6(11)5-3-4(9(15)16)1-2-8(5,14)7(12)13/h1-3,5,14H,(H,10,11)(H,12,13). The van der Waals surface area contributed by atoms with Gasteiger partial charge < -0.3 is 15.3 Å². The van der Waals surface area contributed by atoms with E-state index in [-0.39, 0.29) is 0 Å². The van der Waals surface area contributed by atoms with E-state index >= 15 is 0 Å². The molecule has 0 aliphatic heterocycles. The van der Waals surface area contributed by atoms with E-state index < -0.39 is 34.1 Å². The monoisotopic (exact) mass is 229 g/mol. The fourth-order valence-corrected chi connectivity index (χ4v) is 1.26. The first-order chi connectivity index (χ1) is 7.29. The molecule has 0 bridgehead atoms.